The lowest BCUT2D eigenvalue weighted by atomic mass is 10.2. The SMILES string of the molecule is Cc1ccc(NC(=O)[C@@H](C)Sc2n[nH]c(-c3ccccc3F)n2)cc1. The van der Waals surface area contributed by atoms with Crippen LogP contribution in [0.2, 0.25) is 0 Å². The van der Waals surface area contributed by atoms with Crippen LogP contribution in [0.4, 0.5) is 10.1 Å². The van der Waals surface area contributed by atoms with Crippen molar-refractivity contribution in [2.45, 2.75) is 24.3 Å². The van der Waals surface area contributed by atoms with Gasteiger partial charge in [0.2, 0.25) is 11.1 Å². The van der Waals surface area contributed by atoms with Crippen LogP contribution in [0.1, 0.15) is 12.5 Å². The molecule has 0 aliphatic heterocycles. The third kappa shape index (κ3) is 4.24. The Balaban J connectivity index is 1.65. The van der Waals surface area contributed by atoms with E-state index < -0.39 is 5.25 Å². The van der Waals surface area contributed by atoms with E-state index in [-0.39, 0.29) is 11.7 Å². The molecule has 0 fully saturated rings. The zero-order chi connectivity index (χ0) is 17.8. The van der Waals surface area contributed by atoms with Crippen molar-refractivity contribution in [1.82, 2.24) is 15.2 Å². The highest BCUT2D eigenvalue weighted by Gasteiger charge is 2.18. The number of hydrogen-bond donors (Lipinski definition) is 2. The summed E-state index contributed by atoms with van der Waals surface area (Å²) < 4.78 is 13.8. The molecule has 1 atom stereocenters. The van der Waals surface area contributed by atoms with E-state index >= 15 is 0 Å². The number of rotatable bonds is 5. The van der Waals surface area contributed by atoms with E-state index in [1.807, 2.05) is 31.2 Å². The zero-order valence-corrected chi connectivity index (χ0v) is 14.6. The second-order valence-electron chi connectivity index (χ2n) is 5.56. The highest BCUT2D eigenvalue weighted by molar-refractivity contribution is 8.00. The van der Waals surface area contributed by atoms with Gasteiger partial charge in [-0.2, -0.15) is 0 Å². The molecule has 5 nitrogen and oxygen atoms in total. The molecular weight excluding hydrogens is 339 g/mol. The van der Waals surface area contributed by atoms with Gasteiger partial charge in [-0.05, 0) is 38.1 Å². The van der Waals surface area contributed by atoms with Crippen LogP contribution in [0.15, 0.2) is 53.7 Å². The van der Waals surface area contributed by atoms with Gasteiger partial charge < -0.3 is 5.32 Å². The molecule has 3 aromatic rings. The molecule has 1 aromatic heterocycles. The summed E-state index contributed by atoms with van der Waals surface area (Å²) in [5.41, 5.74) is 2.21. The first kappa shape index (κ1) is 17.2. The van der Waals surface area contributed by atoms with Gasteiger partial charge in [0.15, 0.2) is 5.82 Å². The Hall–Kier alpha value is -2.67. The Morgan fingerprint density at radius 1 is 1.20 bits per heavy atom. The Morgan fingerprint density at radius 2 is 1.92 bits per heavy atom. The van der Waals surface area contributed by atoms with Crippen molar-refractivity contribution in [3.05, 3.63) is 59.9 Å². The summed E-state index contributed by atoms with van der Waals surface area (Å²) in [5.74, 6) is -0.182. The largest absolute Gasteiger partial charge is 0.325 e. The summed E-state index contributed by atoms with van der Waals surface area (Å²) in [6.45, 7) is 3.76. The van der Waals surface area contributed by atoms with Crippen LogP contribution in [-0.2, 0) is 4.79 Å². The number of nitrogens with one attached hydrogen (secondary N) is 2. The quantitative estimate of drug-likeness (QED) is 0.677. The van der Waals surface area contributed by atoms with Gasteiger partial charge in [-0.3, -0.25) is 9.89 Å². The highest BCUT2D eigenvalue weighted by Crippen LogP contribution is 2.24. The number of aryl methyl sites for hydroxylation is 1. The molecule has 128 valence electrons. The van der Waals surface area contributed by atoms with Crippen LogP contribution >= 0.6 is 11.8 Å². The second kappa shape index (κ2) is 7.48. The Labute approximate surface area is 149 Å². The van der Waals surface area contributed by atoms with E-state index in [0.717, 1.165) is 11.3 Å². The van der Waals surface area contributed by atoms with E-state index in [9.17, 15) is 9.18 Å². The lowest BCUT2D eigenvalue weighted by Crippen LogP contribution is -2.22. The molecule has 25 heavy (non-hydrogen) atoms. The number of benzene rings is 2. The Kier molecular flexibility index (Phi) is 5.14. The van der Waals surface area contributed by atoms with Crippen molar-refractivity contribution >= 4 is 23.4 Å². The number of carbonyl (C=O) groups is 1. The number of thioether (sulfide) groups is 1. The molecule has 3 rings (SSSR count). The van der Waals surface area contributed by atoms with Gasteiger partial charge in [0, 0.05) is 5.69 Å². The summed E-state index contributed by atoms with van der Waals surface area (Å²) in [6.07, 6.45) is 0. The summed E-state index contributed by atoms with van der Waals surface area (Å²) in [6, 6.07) is 13.9. The first-order valence-corrected chi connectivity index (χ1v) is 8.62. The van der Waals surface area contributed by atoms with E-state index in [2.05, 4.69) is 20.5 Å². The molecule has 0 saturated heterocycles. The fourth-order valence-corrected chi connectivity index (χ4v) is 2.89. The van der Waals surface area contributed by atoms with Gasteiger partial charge in [-0.15, -0.1) is 5.10 Å². The van der Waals surface area contributed by atoms with E-state index in [0.29, 0.717) is 16.5 Å². The van der Waals surface area contributed by atoms with E-state index in [1.165, 1.54) is 17.8 Å². The van der Waals surface area contributed by atoms with Gasteiger partial charge in [0.05, 0.1) is 10.8 Å². The summed E-state index contributed by atoms with van der Waals surface area (Å²) in [7, 11) is 0. The summed E-state index contributed by atoms with van der Waals surface area (Å²) in [4.78, 5) is 16.5. The topological polar surface area (TPSA) is 70.7 Å². The third-order valence-corrected chi connectivity index (χ3v) is 4.53. The number of hydrogen-bond acceptors (Lipinski definition) is 4. The minimum absolute atomic E-state index is 0.147. The van der Waals surface area contributed by atoms with Gasteiger partial charge in [0.25, 0.3) is 0 Å². The van der Waals surface area contributed by atoms with Gasteiger partial charge in [0.1, 0.15) is 5.82 Å². The number of amides is 1. The van der Waals surface area contributed by atoms with E-state index in [1.54, 1.807) is 25.1 Å². The fourth-order valence-electron chi connectivity index (χ4n) is 2.17. The average Bonchev–Trinajstić information content (AvgIpc) is 3.05. The summed E-state index contributed by atoms with van der Waals surface area (Å²) in [5, 5.41) is 9.61. The molecule has 0 aliphatic carbocycles. The van der Waals surface area contributed by atoms with Gasteiger partial charge >= 0.3 is 0 Å². The molecule has 0 saturated carbocycles. The van der Waals surface area contributed by atoms with Gasteiger partial charge in [-0.25, -0.2) is 9.37 Å². The van der Waals surface area contributed by atoms with Crippen molar-refractivity contribution in [1.29, 1.82) is 0 Å². The fraction of sp³-hybridized carbons (Fsp3) is 0.167. The first-order chi connectivity index (χ1) is 12.0. The number of anilines is 1. The minimum Gasteiger partial charge on any atom is -0.325 e. The van der Waals surface area contributed by atoms with Crippen LogP contribution in [0, 0.1) is 12.7 Å². The molecular formula is C18H17FN4OS. The molecule has 1 heterocycles. The molecule has 0 bridgehead atoms. The standard InChI is InChI=1S/C18H17FN4OS/c1-11-7-9-13(10-8-11)20-17(24)12(2)25-18-21-16(22-23-18)14-5-3-4-6-15(14)19/h3-10,12H,1-2H3,(H,20,24)(H,21,22,23)/t12-/m1/s1. The molecule has 1 amide bonds. The number of halogens is 1. The molecule has 7 heteroatoms. The Bertz CT molecular complexity index is 879. The lowest BCUT2D eigenvalue weighted by Gasteiger charge is -2.10. The maximum Gasteiger partial charge on any atom is 0.237 e. The normalized spacial score (nSPS) is 12.0. The number of carbonyl (C=O) groups excluding carboxylic acids is 1. The smallest absolute Gasteiger partial charge is 0.237 e. The van der Waals surface area contributed by atoms with Crippen LogP contribution < -0.4 is 5.32 Å². The van der Waals surface area contributed by atoms with Crippen LogP contribution in [0.3, 0.4) is 0 Å². The summed E-state index contributed by atoms with van der Waals surface area (Å²) >= 11 is 1.21. The lowest BCUT2D eigenvalue weighted by molar-refractivity contribution is -0.115. The van der Waals surface area contributed by atoms with E-state index in [4.69, 9.17) is 0 Å². The van der Waals surface area contributed by atoms with Crippen LogP contribution in [0.25, 0.3) is 11.4 Å². The predicted octanol–water partition coefficient (Wildman–Crippen LogP) is 4.04. The highest BCUT2D eigenvalue weighted by atomic mass is 32.2. The zero-order valence-electron chi connectivity index (χ0n) is 13.8. The molecule has 0 aliphatic rings. The molecule has 0 unspecified atom stereocenters. The van der Waals surface area contributed by atoms with Crippen molar-refractivity contribution < 1.29 is 9.18 Å². The third-order valence-electron chi connectivity index (χ3n) is 3.56. The molecule has 2 N–H and O–H groups in total. The number of aromatic amines is 1. The van der Waals surface area contributed by atoms with Crippen molar-refractivity contribution in [3.8, 4) is 11.4 Å². The average molecular weight is 356 g/mol. The number of aromatic nitrogens is 3. The van der Waals surface area contributed by atoms with Crippen molar-refractivity contribution in [2.24, 2.45) is 0 Å². The predicted molar refractivity (Wildman–Crippen MR) is 96.9 cm³/mol. The maximum absolute atomic E-state index is 13.8. The van der Waals surface area contributed by atoms with Crippen molar-refractivity contribution in [3.63, 3.8) is 0 Å². The first-order valence-electron chi connectivity index (χ1n) is 7.74. The monoisotopic (exact) mass is 356 g/mol. The van der Waals surface area contributed by atoms with Crippen LogP contribution in [-0.4, -0.2) is 26.3 Å². The van der Waals surface area contributed by atoms with Gasteiger partial charge in [-0.1, -0.05) is 41.6 Å². The molecule has 0 spiro atoms. The second-order valence-corrected chi connectivity index (χ2v) is 6.87. The molecule has 2 aromatic carbocycles. The molecule has 0 radical (unpaired) electrons. The van der Waals surface area contributed by atoms with Crippen LogP contribution in [0.5, 0.6) is 0 Å². The number of H-pyrrole nitrogens is 1. The minimum atomic E-state index is -0.398. The maximum atomic E-state index is 13.8. The van der Waals surface area contributed by atoms with Crippen molar-refractivity contribution in [2.75, 3.05) is 5.32 Å². The Morgan fingerprint density at radius 3 is 2.64 bits per heavy atom. The number of nitrogens with zero attached hydrogens (tertiary/aromatic N) is 2.